The molecule has 8 heavy (non-hydrogen) atoms. The molecule has 0 aliphatic carbocycles. The van der Waals surface area contributed by atoms with Gasteiger partial charge in [-0.2, -0.15) is 0 Å². The van der Waals surface area contributed by atoms with Gasteiger partial charge < -0.3 is 0 Å². The Kier molecular flexibility index (Phi) is 0.912. The minimum atomic E-state index is -6.10. The van der Waals surface area contributed by atoms with Crippen LogP contribution in [-0.2, 0) is 10.5 Å². The Hall–Kier alpha value is 1.00. The van der Waals surface area contributed by atoms with Gasteiger partial charge in [0.15, 0.2) is 0 Å². The molecule has 0 aromatic carbocycles. The van der Waals surface area contributed by atoms with Crippen LogP contribution in [0.3, 0.4) is 0 Å². The first-order valence-electron chi connectivity index (χ1n) is 1.21. The summed E-state index contributed by atoms with van der Waals surface area (Å²) in [7, 11) is 4.13. The Morgan fingerprint density at radius 2 is 0.750 bits per heavy atom. The van der Waals surface area contributed by atoms with Gasteiger partial charge in [0.2, 0.25) is 0 Å². The topological polar surface area (TPSA) is 130 Å². The van der Waals surface area contributed by atoms with Crippen LogP contribution in [0.1, 0.15) is 0 Å². The van der Waals surface area contributed by atoms with Crippen molar-refractivity contribution in [2.45, 2.75) is 0 Å². The van der Waals surface area contributed by atoms with E-state index < -0.39 is 10.5 Å². The average Bonchev–Trinajstić information content (AvgIpc) is 0.544. The van der Waals surface area contributed by atoms with E-state index in [1.807, 2.05) is 0 Å². The van der Waals surface area contributed by atoms with E-state index in [2.05, 4.69) is 0 Å². The van der Waals surface area contributed by atoms with Crippen LogP contribution in [-0.4, -0.2) is 0 Å². The zero-order valence-corrected chi connectivity index (χ0v) is 7.13. The van der Waals surface area contributed by atoms with Crippen LogP contribution >= 0.6 is 19.4 Å². The van der Waals surface area contributed by atoms with Crippen molar-refractivity contribution in [2.24, 2.45) is 22.4 Å². The summed E-state index contributed by atoms with van der Waals surface area (Å²) in [6, 6.07) is 0. The summed E-state index contributed by atoms with van der Waals surface area (Å²) in [6.45, 7) is 0. The summed E-state index contributed by atoms with van der Waals surface area (Å²) in [4.78, 5) is 0. The van der Waals surface area contributed by atoms with E-state index in [0.717, 1.165) is 0 Å². The Bertz CT molecular complexity index is 103. The van der Waals surface area contributed by atoms with E-state index in [0.29, 0.717) is 0 Å². The quantitative estimate of drug-likeness (QED) is 0.333. The summed E-state index contributed by atoms with van der Waals surface area (Å²) < 4.78 is 24.4. The Morgan fingerprint density at radius 1 is 0.750 bits per heavy atom. The van der Waals surface area contributed by atoms with E-state index in [9.17, 15) is 0 Å². The molecule has 10 N–H and O–H groups in total. The first kappa shape index (κ1) is 9.00. The number of hydrogen-bond acceptors (Lipinski definition) is 5. The zero-order valence-electron chi connectivity index (χ0n) is 3.98. The normalized spacial score (nSPS) is 27.1. The van der Waals surface area contributed by atoms with Crippen LogP contribution in [0, 0.1) is 0 Å². The number of rotatable bonds is 0. The number of halogens is 2. The maximum absolute atomic E-state index is 6.10. The molecule has 0 aromatic heterocycles. The van der Waals surface area contributed by atoms with Gasteiger partial charge in [0.05, 0.1) is 0 Å². The van der Waals surface area contributed by atoms with Gasteiger partial charge in [-0.3, -0.25) is 0 Å². The first-order chi connectivity index (χ1) is 2.65. The third kappa shape index (κ3) is 251. The van der Waals surface area contributed by atoms with E-state index >= 15 is 0 Å². The van der Waals surface area contributed by atoms with Gasteiger partial charge in [-0.05, 0) is 0 Å². The van der Waals surface area contributed by atoms with Crippen molar-refractivity contribution in [3.63, 3.8) is 0 Å². The maximum atomic E-state index is 5.11. The van der Waals surface area contributed by atoms with Crippen LogP contribution in [0.15, 0.2) is 0 Å². The second kappa shape index (κ2) is 0.811. The summed E-state index contributed by atoms with van der Waals surface area (Å²) in [5.41, 5.74) is 0. The summed E-state index contributed by atoms with van der Waals surface area (Å²) in [5, 5.41) is 0. The van der Waals surface area contributed by atoms with Gasteiger partial charge in [-0.25, -0.2) is 0 Å². The SMILES string of the molecule is [NH2][Rh]([NH2])([NH2])([NH2])([NH2])([Cl])[Cl]. The van der Waals surface area contributed by atoms with Crippen LogP contribution < -0.4 is 22.4 Å². The molecule has 0 rings (SSSR count). The van der Waals surface area contributed by atoms with Gasteiger partial charge in [-0.15, -0.1) is 0 Å². The molecule has 0 aliphatic heterocycles. The Balaban J connectivity index is 5.14. The first-order valence-corrected chi connectivity index (χ1v) is 10.2. The molecule has 0 saturated carbocycles. The molecule has 0 amide bonds. The zero-order chi connectivity index (χ0) is 7.38. The molecule has 0 spiro atoms. The molecule has 0 atom stereocenters. The van der Waals surface area contributed by atoms with Crippen molar-refractivity contribution in [3.8, 4) is 0 Å². The molecule has 0 fully saturated rings. The van der Waals surface area contributed by atoms with Gasteiger partial charge in [0.1, 0.15) is 0 Å². The molecule has 58 valence electrons. The fourth-order valence-corrected chi connectivity index (χ4v) is 0. The van der Waals surface area contributed by atoms with E-state index in [1.165, 1.54) is 0 Å². The van der Waals surface area contributed by atoms with Crippen LogP contribution in [0.2, 0.25) is 0 Å². The molecule has 5 nitrogen and oxygen atoms in total. The predicted octanol–water partition coefficient (Wildman–Crippen LogP) is -1.58. The molecular weight excluding hydrogens is 244 g/mol. The molecule has 0 aromatic rings. The second-order valence-electron chi connectivity index (χ2n) is 1.89. The van der Waals surface area contributed by atoms with Crippen molar-refractivity contribution in [1.29, 1.82) is 0 Å². The molecule has 0 radical (unpaired) electrons. The van der Waals surface area contributed by atoms with Crippen molar-refractivity contribution >= 4 is 19.4 Å². The third-order valence-corrected chi connectivity index (χ3v) is 0. The van der Waals surface area contributed by atoms with Gasteiger partial charge in [0.25, 0.3) is 0 Å². The van der Waals surface area contributed by atoms with E-state index in [-0.39, 0.29) is 0 Å². The monoisotopic (exact) mass is 253 g/mol. The predicted molar refractivity (Wildman–Crippen MR) is 32.6 cm³/mol. The summed E-state index contributed by atoms with van der Waals surface area (Å²) in [5.74, 6) is 0. The number of hydrogen-bond donors (Lipinski definition) is 5. The van der Waals surface area contributed by atoms with Crippen molar-refractivity contribution in [3.05, 3.63) is 0 Å². The third-order valence-electron chi connectivity index (χ3n) is 0. The fourth-order valence-electron chi connectivity index (χ4n) is 0. The molecular formula is H10Cl2N5Rh. The fraction of sp³-hybridized carbons (Fsp3) is 0. The van der Waals surface area contributed by atoms with E-state index in [1.54, 1.807) is 0 Å². The van der Waals surface area contributed by atoms with Gasteiger partial charge >= 0.3 is 52.2 Å². The molecule has 0 aliphatic rings. The summed E-state index contributed by atoms with van der Waals surface area (Å²) >= 11 is 0. The molecule has 0 heterocycles. The molecule has 8 heteroatoms. The standard InChI is InChI=1S/2ClH.5H2N.Rh/h2*1H;5*1H2;/q;;5*-1;+7/p-2. The van der Waals surface area contributed by atoms with Crippen LogP contribution in [0.5, 0.6) is 0 Å². The Morgan fingerprint density at radius 3 is 0.750 bits per heavy atom. The molecule has 0 bridgehead atoms. The average molecular weight is 254 g/mol. The Labute approximate surface area is 52.4 Å². The van der Waals surface area contributed by atoms with Crippen molar-refractivity contribution < 1.29 is 10.5 Å². The minimum absolute atomic E-state index is 4.89. The van der Waals surface area contributed by atoms with Crippen LogP contribution in [0.4, 0.5) is 0 Å². The van der Waals surface area contributed by atoms with Crippen LogP contribution in [0.25, 0.3) is 0 Å². The number of nitrogens with two attached hydrogens (primary N) is 5. The van der Waals surface area contributed by atoms with Crippen molar-refractivity contribution in [1.82, 2.24) is 0 Å². The van der Waals surface area contributed by atoms with Gasteiger partial charge in [-0.1, -0.05) is 0 Å². The second-order valence-corrected chi connectivity index (χ2v) is 22.0. The van der Waals surface area contributed by atoms with E-state index in [4.69, 9.17) is 41.8 Å². The molecule has 0 unspecified atom stereocenters. The van der Waals surface area contributed by atoms with Gasteiger partial charge in [0, 0.05) is 0 Å². The van der Waals surface area contributed by atoms with Crippen molar-refractivity contribution in [2.75, 3.05) is 0 Å². The summed E-state index contributed by atoms with van der Waals surface area (Å²) in [6.07, 6.45) is 0. The molecule has 0 saturated heterocycles.